The van der Waals surface area contributed by atoms with Crippen molar-refractivity contribution in [3.8, 4) is 0 Å². The number of aromatic nitrogens is 1. The van der Waals surface area contributed by atoms with Crippen LogP contribution in [-0.2, 0) is 17.4 Å². The summed E-state index contributed by atoms with van der Waals surface area (Å²) < 4.78 is 62.9. The van der Waals surface area contributed by atoms with Crippen molar-refractivity contribution < 1.29 is 31.9 Å². The molecule has 0 saturated heterocycles. The van der Waals surface area contributed by atoms with Crippen molar-refractivity contribution in [2.45, 2.75) is 25.9 Å². The number of carboxylic acid groups (broad SMARTS) is 1. The third kappa shape index (κ3) is 2.93. The lowest BCUT2D eigenvalue weighted by atomic mass is 10.00. The smallest absolute Gasteiger partial charge is 0.418 e. The molecule has 0 unspecified atom stereocenters. The normalized spacial score (nSPS) is 11.9. The Labute approximate surface area is 98.3 Å². The first-order chi connectivity index (χ1) is 8.14. The second kappa shape index (κ2) is 4.87. The van der Waals surface area contributed by atoms with Gasteiger partial charge in [-0.05, 0) is 18.1 Å². The van der Waals surface area contributed by atoms with E-state index < -0.39 is 41.8 Å². The lowest BCUT2D eigenvalue weighted by Crippen LogP contribution is -2.16. The maximum absolute atomic E-state index is 12.7. The fourth-order valence-electron chi connectivity index (χ4n) is 1.53. The predicted octanol–water partition coefficient (Wildman–Crippen LogP) is 2.97. The maximum atomic E-state index is 12.7. The zero-order valence-corrected chi connectivity index (χ0v) is 9.05. The number of carboxylic acids is 1. The first kappa shape index (κ1) is 14.3. The highest BCUT2D eigenvalue weighted by atomic mass is 19.4. The molecule has 18 heavy (non-hydrogen) atoms. The van der Waals surface area contributed by atoms with Gasteiger partial charge in [-0.15, -0.1) is 0 Å². The molecule has 1 heterocycles. The van der Waals surface area contributed by atoms with Crippen LogP contribution < -0.4 is 0 Å². The number of pyridine rings is 1. The van der Waals surface area contributed by atoms with Gasteiger partial charge in [0.25, 0.3) is 6.43 Å². The summed E-state index contributed by atoms with van der Waals surface area (Å²) in [5.41, 5.74) is -3.71. The van der Waals surface area contributed by atoms with Crippen molar-refractivity contribution in [3.63, 3.8) is 0 Å². The number of halogens is 5. The molecule has 0 aliphatic carbocycles. The van der Waals surface area contributed by atoms with Crippen LogP contribution in [0.5, 0.6) is 0 Å². The molecule has 0 fully saturated rings. The molecule has 1 aromatic rings. The Morgan fingerprint density at radius 2 is 2.00 bits per heavy atom. The molecule has 0 bridgehead atoms. The molecule has 1 N–H and O–H groups in total. The van der Waals surface area contributed by atoms with Gasteiger partial charge in [-0.2, -0.15) is 13.2 Å². The molecule has 1 aromatic heterocycles. The molecule has 0 saturated carbocycles. The van der Waals surface area contributed by atoms with Gasteiger partial charge in [-0.25, -0.2) is 8.78 Å². The van der Waals surface area contributed by atoms with Crippen LogP contribution in [0.1, 0.15) is 28.8 Å². The van der Waals surface area contributed by atoms with Crippen LogP contribution in [0.3, 0.4) is 0 Å². The van der Waals surface area contributed by atoms with Gasteiger partial charge in [0.1, 0.15) is 5.69 Å². The Morgan fingerprint density at radius 3 is 2.39 bits per heavy atom. The largest absolute Gasteiger partial charge is 0.481 e. The van der Waals surface area contributed by atoms with E-state index in [4.69, 9.17) is 5.11 Å². The molecule has 0 radical (unpaired) electrons. The van der Waals surface area contributed by atoms with Crippen LogP contribution in [-0.4, -0.2) is 16.1 Å². The molecule has 0 spiro atoms. The molecule has 0 amide bonds. The Kier molecular flexibility index (Phi) is 3.88. The highest BCUT2D eigenvalue weighted by Gasteiger charge is 2.39. The highest BCUT2D eigenvalue weighted by molar-refractivity contribution is 5.70. The van der Waals surface area contributed by atoms with Crippen LogP contribution in [0.2, 0.25) is 0 Å². The van der Waals surface area contributed by atoms with Crippen molar-refractivity contribution in [2.24, 2.45) is 0 Å². The molecular formula is C10H8F5NO2. The number of rotatable bonds is 3. The fraction of sp³-hybridized carbons (Fsp3) is 0.400. The summed E-state index contributed by atoms with van der Waals surface area (Å²) in [6.07, 6.45) is -8.35. The highest BCUT2D eigenvalue weighted by Crippen LogP contribution is 2.38. The zero-order chi connectivity index (χ0) is 14.1. The molecule has 0 aliphatic heterocycles. The van der Waals surface area contributed by atoms with Gasteiger partial charge < -0.3 is 5.11 Å². The minimum absolute atomic E-state index is 0.237. The van der Waals surface area contributed by atoms with Crippen molar-refractivity contribution in [1.82, 2.24) is 4.98 Å². The lowest BCUT2D eigenvalue weighted by Gasteiger charge is -2.16. The first-order valence-electron chi connectivity index (χ1n) is 4.70. The number of hydrogen-bond acceptors (Lipinski definition) is 2. The summed E-state index contributed by atoms with van der Waals surface area (Å²) in [5.74, 6) is -1.36. The van der Waals surface area contributed by atoms with Crippen LogP contribution in [0.25, 0.3) is 0 Å². The van der Waals surface area contributed by atoms with E-state index in [2.05, 4.69) is 4.98 Å². The van der Waals surface area contributed by atoms with Gasteiger partial charge in [-0.3, -0.25) is 9.78 Å². The molecule has 0 aliphatic rings. The molecule has 1 rings (SSSR count). The first-order valence-corrected chi connectivity index (χ1v) is 4.70. The summed E-state index contributed by atoms with van der Waals surface area (Å²) in [6.45, 7) is 0.953. The molecule has 8 heteroatoms. The number of alkyl halides is 5. The van der Waals surface area contributed by atoms with Gasteiger partial charge >= 0.3 is 12.1 Å². The Balaban J connectivity index is 3.45. The van der Waals surface area contributed by atoms with Crippen molar-refractivity contribution in [2.75, 3.05) is 0 Å². The number of carbonyl (C=O) groups is 1. The average Bonchev–Trinajstić information content (AvgIpc) is 2.17. The Morgan fingerprint density at radius 1 is 1.44 bits per heavy atom. The quantitative estimate of drug-likeness (QED) is 0.858. The van der Waals surface area contributed by atoms with E-state index in [9.17, 15) is 26.7 Å². The van der Waals surface area contributed by atoms with E-state index in [0.717, 1.165) is 13.1 Å². The predicted molar refractivity (Wildman–Crippen MR) is 50.3 cm³/mol. The van der Waals surface area contributed by atoms with Crippen molar-refractivity contribution in [1.29, 1.82) is 0 Å². The summed E-state index contributed by atoms with van der Waals surface area (Å²) in [5, 5.41) is 8.51. The zero-order valence-electron chi connectivity index (χ0n) is 9.05. The third-order valence-corrected chi connectivity index (χ3v) is 2.30. The summed E-state index contributed by atoms with van der Waals surface area (Å²) in [4.78, 5) is 13.5. The summed E-state index contributed by atoms with van der Waals surface area (Å²) in [7, 11) is 0. The maximum Gasteiger partial charge on any atom is 0.418 e. The molecule has 0 aromatic carbocycles. The molecule has 100 valence electrons. The second-order valence-electron chi connectivity index (χ2n) is 3.54. The topological polar surface area (TPSA) is 50.2 Å². The monoisotopic (exact) mass is 269 g/mol. The van der Waals surface area contributed by atoms with Crippen molar-refractivity contribution >= 4 is 5.97 Å². The lowest BCUT2D eigenvalue weighted by molar-refractivity contribution is -0.141. The molecule has 0 atom stereocenters. The second-order valence-corrected chi connectivity index (χ2v) is 3.54. The van der Waals surface area contributed by atoms with Crippen LogP contribution >= 0.6 is 0 Å². The molecule has 3 nitrogen and oxygen atoms in total. The standard InChI is InChI=1S/C10H8F5NO2/c1-4-5(2-6(17)18)3-16-8(9(11)12)7(4)10(13,14)15/h3,9H,2H2,1H3,(H,17,18). The van der Waals surface area contributed by atoms with Gasteiger partial charge in [0.15, 0.2) is 0 Å². The van der Waals surface area contributed by atoms with E-state index in [-0.39, 0.29) is 5.56 Å². The third-order valence-electron chi connectivity index (χ3n) is 2.30. The van der Waals surface area contributed by atoms with Crippen LogP contribution in [0, 0.1) is 6.92 Å². The van der Waals surface area contributed by atoms with E-state index >= 15 is 0 Å². The minimum Gasteiger partial charge on any atom is -0.481 e. The van der Waals surface area contributed by atoms with E-state index in [0.29, 0.717) is 0 Å². The number of nitrogens with zero attached hydrogens (tertiary/aromatic N) is 1. The van der Waals surface area contributed by atoms with Crippen LogP contribution in [0.4, 0.5) is 22.0 Å². The average molecular weight is 269 g/mol. The Bertz CT molecular complexity index is 470. The number of aliphatic carboxylic acids is 1. The summed E-state index contributed by atoms with van der Waals surface area (Å²) >= 11 is 0. The fourth-order valence-corrected chi connectivity index (χ4v) is 1.53. The van der Waals surface area contributed by atoms with Gasteiger partial charge in [0.05, 0.1) is 12.0 Å². The van der Waals surface area contributed by atoms with Gasteiger partial charge in [0, 0.05) is 6.20 Å². The minimum atomic E-state index is -5.00. The SMILES string of the molecule is Cc1c(CC(=O)O)cnc(C(F)F)c1C(F)(F)F. The van der Waals surface area contributed by atoms with Crippen molar-refractivity contribution in [3.05, 3.63) is 28.6 Å². The number of hydrogen-bond donors (Lipinski definition) is 1. The Hall–Kier alpha value is -1.73. The van der Waals surface area contributed by atoms with E-state index in [1.165, 1.54) is 0 Å². The van der Waals surface area contributed by atoms with Gasteiger partial charge in [0.2, 0.25) is 0 Å². The molecular weight excluding hydrogens is 261 g/mol. The summed E-state index contributed by atoms with van der Waals surface area (Å²) in [6, 6.07) is 0. The van der Waals surface area contributed by atoms with E-state index in [1.54, 1.807) is 0 Å². The van der Waals surface area contributed by atoms with Gasteiger partial charge in [-0.1, -0.05) is 0 Å². The van der Waals surface area contributed by atoms with E-state index in [1.807, 2.05) is 0 Å². The van der Waals surface area contributed by atoms with Crippen LogP contribution in [0.15, 0.2) is 6.20 Å².